The first-order valence-corrected chi connectivity index (χ1v) is 6.15. The number of carbonyl (C=O) groups is 1. The van der Waals surface area contributed by atoms with E-state index in [1.165, 1.54) is 29.7 Å². The van der Waals surface area contributed by atoms with Crippen LogP contribution in [-0.2, 0) is 12.8 Å². The molecular weight excluding hydrogens is 227 g/mol. The maximum atomic E-state index is 13.1. The summed E-state index contributed by atoms with van der Waals surface area (Å²) in [5.74, 6) is -0.373. The van der Waals surface area contributed by atoms with Crippen LogP contribution in [0, 0.1) is 5.82 Å². The molecule has 0 saturated heterocycles. The van der Waals surface area contributed by atoms with Crippen molar-refractivity contribution in [3.63, 3.8) is 0 Å². The van der Waals surface area contributed by atoms with Crippen molar-refractivity contribution in [2.24, 2.45) is 0 Å². The Morgan fingerprint density at radius 3 is 2.67 bits per heavy atom. The normalized spacial score (nSPS) is 13.4. The Morgan fingerprint density at radius 1 is 1.00 bits per heavy atom. The highest BCUT2D eigenvalue weighted by molar-refractivity contribution is 5.87. The van der Waals surface area contributed by atoms with Crippen molar-refractivity contribution in [3.05, 3.63) is 58.9 Å². The van der Waals surface area contributed by atoms with Gasteiger partial charge in [0.25, 0.3) is 0 Å². The standard InChI is InChI=1S/C16H13FO/c17-15-6-7-16(14(9-15)10-18)13-5-4-11-2-1-3-12(11)8-13/h4-10H,1-3H2. The molecule has 18 heavy (non-hydrogen) atoms. The van der Waals surface area contributed by atoms with E-state index in [1.807, 2.05) is 6.07 Å². The summed E-state index contributed by atoms with van der Waals surface area (Å²) in [5.41, 5.74) is 4.97. The summed E-state index contributed by atoms with van der Waals surface area (Å²) in [6, 6.07) is 10.6. The second-order valence-corrected chi connectivity index (χ2v) is 4.69. The molecule has 0 N–H and O–H groups in total. The van der Waals surface area contributed by atoms with Gasteiger partial charge in [0.15, 0.2) is 6.29 Å². The van der Waals surface area contributed by atoms with E-state index in [9.17, 15) is 9.18 Å². The zero-order valence-corrected chi connectivity index (χ0v) is 9.95. The molecule has 0 aliphatic heterocycles. The van der Waals surface area contributed by atoms with Crippen LogP contribution < -0.4 is 0 Å². The number of hydrogen-bond acceptors (Lipinski definition) is 1. The molecular formula is C16H13FO. The molecule has 0 aromatic heterocycles. The minimum atomic E-state index is -0.373. The summed E-state index contributed by atoms with van der Waals surface area (Å²) in [7, 11) is 0. The monoisotopic (exact) mass is 240 g/mol. The number of aldehydes is 1. The van der Waals surface area contributed by atoms with Crippen LogP contribution >= 0.6 is 0 Å². The fraction of sp³-hybridized carbons (Fsp3) is 0.188. The topological polar surface area (TPSA) is 17.1 Å². The predicted octanol–water partition coefficient (Wildman–Crippen LogP) is 3.79. The Bertz CT molecular complexity index is 616. The summed E-state index contributed by atoms with van der Waals surface area (Å²) < 4.78 is 13.1. The molecule has 1 nitrogen and oxygen atoms in total. The Labute approximate surface area is 105 Å². The molecule has 0 atom stereocenters. The van der Waals surface area contributed by atoms with Crippen molar-refractivity contribution in [1.82, 2.24) is 0 Å². The third-order valence-electron chi connectivity index (χ3n) is 3.55. The Balaban J connectivity index is 2.12. The number of carbonyl (C=O) groups excluding carboxylic acids is 1. The quantitative estimate of drug-likeness (QED) is 0.730. The summed E-state index contributed by atoms with van der Waals surface area (Å²) in [5, 5.41) is 0. The van der Waals surface area contributed by atoms with Crippen LogP contribution in [0.2, 0.25) is 0 Å². The van der Waals surface area contributed by atoms with Gasteiger partial charge in [0.05, 0.1) is 0 Å². The van der Waals surface area contributed by atoms with Gasteiger partial charge >= 0.3 is 0 Å². The van der Waals surface area contributed by atoms with Gasteiger partial charge in [-0.25, -0.2) is 4.39 Å². The van der Waals surface area contributed by atoms with E-state index in [1.54, 1.807) is 6.07 Å². The summed E-state index contributed by atoms with van der Waals surface area (Å²) in [4.78, 5) is 11.0. The van der Waals surface area contributed by atoms with Gasteiger partial charge in [0, 0.05) is 5.56 Å². The maximum Gasteiger partial charge on any atom is 0.150 e. The molecule has 1 aliphatic rings. The van der Waals surface area contributed by atoms with Crippen LogP contribution in [-0.4, -0.2) is 6.29 Å². The van der Waals surface area contributed by atoms with Crippen molar-refractivity contribution in [1.29, 1.82) is 0 Å². The van der Waals surface area contributed by atoms with Crippen LogP contribution in [0.25, 0.3) is 11.1 Å². The average Bonchev–Trinajstić information content (AvgIpc) is 2.85. The van der Waals surface area contributed by atoms with Gasteiger partial charge in [-0.2, -0.15) is 0 Å². The van der Waals surface area contributed by atoms with Gasteiger partial charge in [-0.1, -0.05) is 24.3 Å². The van der Waals surface area contributed by atoms with Crippen LogP contribution in [0.5, 0.6) is 0 Å². The van der Waals surface area contributed by atoms with E-state index < -0.39 is 0 Å². The summed E-state index contributed by atoms with van der Waals surface area (Å²) in [6.45, 7) is 0. The van der Waals surface area contributed by atoms with E-state index in [-0.39, 0.29) is 5.82 Å². The number of hydrogen-bond donors (Lipinski definition) is 0. The van der Waals surface area contributed by atoms with E-state index in [0.717, 1.165) is 24.0 Å². The van der Waals surface area contributed by atoms with E-state index in [4.69, 9.17) is 0 Å². The molecule has 2 heteroatoms. The van der Waals surface area contributed by atoms with Crippen LogP contribution in [0.4, 0.5) is 4.39 Å². The molecule has 0 fully saturated rings. The highest BCUT2D eigenvalue weighted by Crippen LogP contribution is 2.29. The number of fused-ring (bicyclic) bond motifs is 1. The van der Waals surface area contributed by atoms with Crippen molar-refractivity contribution >= 4 is 6.29 Å². The van der Waals surface area contributed by atoms with E-state index in [0.29, 0.717) is 11.8 Å². The Morgan fingerprint density at radius 2 is 1.83 bits per heavy atom. The lowest BCUT2D eigenvalue weighted by molar-refractivity contribution is 0.112. The second-order valence-electron chi connectivity index (χ2n) is 4.69. The SMILES string of the molecule is O=Cc1cc(F)ccc1-c1ccc2c(c1)CCC2. The van der Waals surface area contributed by atoms with E-state index >= 15 is 0 Å². The molecule has 0 amide bonds. The van der Waals surface area contributed by atoms with Crippen LogP contribution in [0.3, 0.4) is 0 Å². The van der Waals surface area contributed by atoms with Crippen LogP contribution in [0.15, 0.2) is 36.4 Å². The van der Waals surface area contributed by atoms with Gasteiger partial charge in [-0.05, 0) is 53.6 Å². The van der Waals surface area contributed by atoms with Gasteiger partial charge in [-0.3, -0.25) is 4.79 Å². The first-order valence-electron chi connectivity index (χ1n) is 6.15. The number of halogens is 1. The molecule has 0 bridgehead atoms. The lowest BCUT2D eigenvalue weighted by Gasteiger charge is -2.07. The average molecular weight is 240 g/mol. The highest BCUT2D eigenvalue weighted by atomic mass is 19.1. The summed E-state index contributed by atoms with van der Waals surface area (Å²) >= 11 is 0. The van der Waals surface area contributed by atoms with Gasteiger partial charge < -0.3 is 0 Å². The fourth-order valence-corrected chi connectivity index (χ4v) is 2.63. The zero-order valence-electron chi connectivity index (χ0n) is 9.95. The first kappa shape index (κ1) is 11.1. The molecule has 0 saturated carbocycles. The number of benzene rings is 2. The predicted molar refractivity (Wildman–Crippen MR) is 69.2 cm³/mol. The van der Waals surface area contributed by atoms with Crippen molar-refractivity contribution in [2.45, 2.75) is 19.3 Å². The zero-order chi connectivity index (χ0) is 12.5. The number of rotatable bonds is 2. The maximum absolute atomic E-state index is 13.1. The molecule has 1 aliphatic carbocycles. The second kappa shape index (κ2) is 4.37. The lowest BCUT2D eigenvalue weighted by Crippen LogP contribution is -1.91. The third-order valence-corrected chi connectivity index (χ3v) is 3.55. The lowest BCUT2D eigenvalue weighted by atomic mass is 9.97. The summed E-state index contributed by atoms with van der Waals surface area (Å²) in [6.07, 6.45) is 4.15. The van der Waals surface area contributed by atoms with Gasteiger partial charge in [0.1, 0.15) is 5.82 Å². The first-order chi connectivity index (χ1) is 8.78. The molecule has 3 rings (SSSR count). The molecule has 0 unspecified atom stereocenters. The smallest absolute Gasteiger partial charge is 0.150 e. The van der Waals surface area contributed by atoms with Crippen molar-refractivity contribution < 1.29 is 9.18 Å². The van der Waals surface area contributed by atoms with Crippen molar-refractivity contribution in [2.75, 3.05) is 0 Å². The highest BCUT2D eigenvalue weighted by Gasteiger charge is 2.13. The Kier molecular flexibility index (Phi) is 2.71. The van der Waals surface area contributed by atoms with E-state index in [2.05, 4.69) is 12.1 Å². The van der Waals surface area contributed by atoms with Gasteiger partial charge in [0.2, 0.25) is 0 Å². The molecule has 0 heterocycles. The molecule has 0 radical (unpaired) electrons. The number of aryl methyl sites for hydroxylation is 2. The minimum Gasteiger partial charge on any atom is -0.298 e. The van der Waals surface area contributed by atoms with Crippen molar-refractivity contribution in [3.8, 4) is 11.1 Å². The molecule has 2 aromatic carbocycles. The molecule has 0 spiro atoms. The Hall–Kier alpha value is -1.96. The third kappa shape index (κ3) is 1.84. The van der Waals surface area contributed by atoms with Crippen LogP contribution in [0.1, 0.15) is 27.9 Å². The van der Waals surface area contributed by atoms with Gasteiger partial charge in [-0.15, -0.1) is 0 Å². The molecule has 2 aromatic rings. The fourth-order valence-electron chi connectivity index (χ4n) is 2.63. The minimum absolute atomic E-state index is 0.373. The largest absolute Gasteiger partial charge is 0.298 e. The molecule has 90 valence electrons.